The van der Waals surface area contributed by atoms with Crippen LogP contribution in [0.5, 0.6) is 5.75 Å². The van der Waals surface area contributed by atoms with Crippen LogP contribution in [-0.4, -0.2) is 85.8 Å². The molecule has 1 aromatic heterocycles. The summed E-state index contributed by atoms with van der Waals surface area (Å²) in [7, 11) is -2.03. The second kappa shape index (κ2) is 16.3. The van der Waals surface area contributed by atoms with Crippen LogP contribution in [0.15, 0.2) is 71.9 Å². The van der Waals surface area contributed by atoms with Crippen LogP contribution in [0.25, 0.3) is 0 Å². The van der Waals surface area contributed by atoms with Crippen molar-refractivity contribution >= 4 is 21.6 Å². The Kier molecular flexibility index (Phi) is 12.5. The van der Waals surface area contributed by atoms with Crippen LogP contribution in [0.3, 0.4) is 0 Å². The number of carbonyl (C=O) groups excluding carboxylic acids is 1. The maximum atomic E-state index is 14.3. The molecule has 10 nitrogen and oxygen atoms in total. The fourth-order valence-electron chi connectivity index (χ4n) is 5.45. The van der Waals surface area contributed by atoms with Crippen molar-refractivity contribution in [1.29, 1.82) is 0 Å². The van der Waals surface area contributed by atoms with Crippen LogP contribution in [0.4, 0.5) is 10.1 Å². The maximum absolute atomic E-state index is 14.3. The van der Waals surface area contributed by atoms with Crippen LogP contribution in [0.2, 0.25) is 0 Å². The van der Waals surface area contributed by atoms with Crippen LogP contribution >= 0.6 is 0 Å². The molecular weight excluding hydrogens is 611 g/mol. The lowest BCUT2D eigenvalue weighted by molar-refractivity contribution is -0.0177. The molecule has 1 aliphatic rings. The number of amides is 1. The highest BCUT2D eigenvalue weighted by molar-refractivity contribution is 7.92. The van der Waals surface area contributed by atoms with Gasteiger partial charge in [0.05, 0.1) is 35.3 Å². The molecule has 0 spiro atoms. The number of aromatic nitrogens is 1. The fraction of sp³-hybridized carbons (Fsp3) is 0.471. The average Bonchev–Trinajstić information content (AvgIpc) is 3.03. The molecule has 2 N–H and O–H groups in total. The number of benzene rings is 2. The summed E-state index contributed by atoms with van der Waals surface area (Å²) in [6.45, 7) is 7.66. The first kappa shape index (κ1) is 35.3. The molecule has 1 amide bonds. The van der Waals surface area contributed by atoms with E-state index in [2.05, 4.69) is 14.6 Å². The van der Waals surface area contributed by atoms with Gasteiger partial charge in [-0.2, -0.15) is 0 Å². The lowest BCUT2D eigenvalue weighted by Crippen LogP contribution is -2.47. The third-order valence-corrected chi connectivity index (χ3v) is 9.52. The average molecular weight is 657 g/mol. The minimum atomic E-state index is -4.07. The van der Waals surface area contributed by atoms with Gasteiger partial charge in [0.1, 0.15) is 11.6 Å². The van der Waals surface area contributed by atoms with E-state index in [1.807, 2.05) is 33.0 Å². The van der Waals surface area contributed by atoms with Gasteiger partial charge in [0, 0.05) is 50.2 Å². The third kappa shape index (κ3) is 9.71. The molecule has 0 fully saturated rings. The Hall–Kier alpha value is -3.58. The predicted molar refractivity (Wildman–Crippen MR) is 175 cm³/mol. The molecule has 250 valence electrons. The van der Waals surface area contributed by atoms with Gasteiger partial charge in [-0.15, -0.1) is 0 Å². The number of ether oxygens (including phenoxy) is 2. The zero-order valence-electron chi connectivity index (χ0n) is 26.9. The first-order valence-corrected chi connectivity index (χ1v) is 17.1. The largest absolute Gasteiger partial charge is 0.490 e. The van der Waals surface area contributed by atoms with Crippen molar-refractivity contribution in [2.45, 2.75) is 69.7 Å². The number of likely N-dealkylation sites (N-methyl/N-ethyl adjacent to an activating group) is 1. The first-order valence-electron chi connectivity index (χ1n) is 15.7. The maximum Gasteiger partial charge on any atom is 0.261 e. The normalized spacial score (nSPS) is 20.8. The zero-order chi connectivity index (χ0) is 33.3. The fourth-order valence-corrected chi connectivity index (χ4v) is 6.50. The Morgan fingerprint density at radius 1 is 1.11 bits per heavy atom. The van der Waals surface area contributed by atoms with Gasteiger partial charge in [-0.05, 0) is 100 Å². The van der Waals surface area contributed by atoms with E-state index in [0.29, 0.717) is 25.4 Å². The monoisotopic (exact) mass is 656 g/mol. The van der Waals surface area contributed by atoms with Crippen LogP contribution < -0.4 is 9.46 Å². The standard InChI is InChI=1S/C34H45FN4O6S/c1-24-20-39(25(2)23-40)34(41)31-19-29(37-46(42,43)30-11-8-28(35)9-12-30)10-13-32(31)45-26(3)7-5-6-18-44-33(24)22-38(4)21-27-14-16-36-17-15-27/h8-17,19,24-26,33,37,40H,5-7,18,20-23H2,1-4H3/t24-,25+,26+,33-/m0/s1. The quantitative estimate of drug-likeness (QED) is 0.332. The molecule has 2 aromatic carbocycles. The number of aliphatic hydroxyl groups excluding tert-OH is 1. The number of nitrogens with zero attached hydrogens (tertiary/aromatic N) is 3. The lowest BCUT2D eigenvalue weighted by atomic mass is 10.0. The lowest BCUT2D eigenvalue weighted by Gasteiger charge is -2.36. The summed E-state index contributed by atoms with van der Waals surface area (Å²) in [6.07, 6.45) is 5.56. The highest BCUT2D eigenvalue weighted by Gasteiger charge is 2.30. The predicted octanol–water partition coefficient (Wildman–Crippen LogP) is 4.95. The molecule has 3 aromatic rings. The molecule has 46 heavy (non-hydrogen) atoms. The van der Waals surface area contributed by atoms with Gasteiger partial charge in [0.15, 0.2) is 0 Å². The summed E-state index contributed by atoms with van der Waals surface area (Å²) in [5, 5.41) is 10.2. The third-order valence-electron chi connectivity index (χ3n) is 8.12. The summed E-state index contributed by atoms with van der Waals surface area (Å²) < 4.78 is 54.8. The SMILES string of the molecule is C[C@@H]1CCCCO[C@@H](CN(C)Cc2ccncc2)[C@@H](C)CN([C@H](C)CO)C(=O)c2cc(NS(=O)(=O)c3ccc(F)cc3)ccc2O1. The van der Waals surface area contributed by atoms with Gasteiger partial charge in [-0.3, -0.25) is 19.4 Å². The molecule has 0 radical (unpaired) electrons. The summed E-state index contributed by atoms with van der Waals surface area (Å²) in [5.41, 5.74) is 1.45. The van der Waals surface area contributed by atoms with Gasteiger partial charge < -0.3 is 19.5 Å². The smallest absolute Gasteiger partial charge is 0.261 e. The van der Waals surface area contributed by atoms with E-state index in [1.54, 1.807) is 30.3 Å². The molecule has 0 saturated heterocycles. The number of fused-ring (bicyclic) bond motifs is 1. The molecule has 1 aliphatic heterocycles. The Balaban J connectivity index is 1.64. The van der Waals surface area contributed by atoms with E-state index >= 15 is 0 Å². The van der Waals surface area contributed by atoms with Crippen molar-refractivity contribution in [2.75, 3.05) is 38.1 Å². The van der Waals surface area contributed by atoms with E-state index in [4.69, 9.17) is 9.47 Å². The number of pyridine rings is 1. The van der Waals surface area contributed by atoms with Gasteiger partial charge >= 0.3 is 0 Å². The molecule has 2 heterocycles. The molecule has 0 aliphatic carbocycles. The van der Waals surface area contributed by atoms with Gasteiger partial charge in [-0.1, -0.05) is 6.92 Å². The summed E-state index contributed by atoms with van der Waals surface area (Å²) in [5.74, 6) is -0.738. The number of nitrogens with one attached hydrogen (secondary N) is 1. The Bertz CT molecular complexity index is 1530. The van der Waals surface area contributed by atoms with E-state index in [0.717, 1.165) is 37.0 Å². The van der Waals surface area contributed by atoms with Crippen molar-refractivity contribution in [2.24, 2.45) is 5.92 Å². The second-order valence-corrected chi connectivity index (χ2v) is 13.8. The summed E-state index contributed by atoms with van der Waals surface area (Å²) in [4.78, 5) is 22.1. The number of halogens is 1. The molecule has 4 atom stereocenters. The second-order valence-electron chi connectivity index (χ2n) is 12.1. The minimum Gasteiger partial charge on any atom is -0.490 e. The van der Waals surface area contributed by atoms with Crippen molar-refractivity contribution in [3.05, 3.63) is 83.9 Å². The molecule has 4 rings (SSSR count). The molecule has 12 heteroatoms. The van der Waals surface area contributed by atoms with Gasteiger partial charge in [0.25, 0.3) is 15.9 Å². The van der Waals surface area contributed by atoms with E-state index in [9.17, 15) is 22.7 Å². The van der Waals surface area contributed by atoms with Gasteiger partial charge in [0.2, 0.25) is 0 Å². The van der Waals surface area contributed by atoms with E-state index in [1.165, 1.54) is 24.3 Å². The molecule has 0 bridgehead atoms. The topological polar surface area (TPSA) is 121 Å². The summed E-state index contributed by atoms with van der Waals surface area (Å²) >= 11 is 0. The van der Waals surface area contributed by atoms with Crippen molar-refractivity contribution in [3.8, 4) is 5.75 Å². The summed E-state index contributed by atoms with van der Waals surface area (Å²) in [6, 6.07) is 12.5. The van der Waals surface area contributed by atoms with Crippen molar-refractivity contribution in [1.82, 2.24) is 14.8 Å². The first-order chi connectivity index (χ1) is 22.0. The van der Waals surface area contributed by atoms with Crippen LogP contribution in [0.1, 0.15) is 56.0 Å². The Morgan fingerprint density at radius 2 is 1.83 bits per heavy atom. The number of hydrogen-bond acceptors (Lipinski definition) is 8. The Morgan fingerprint density at radius 3 is 2.52 bits per heavy atom. The Labute approximate surface area is 271 Å². The molecule has 0 unspecified atom stereocenters. The van der Waals surface area contributed by atoms with Crippen molar-refractivity contribution in [3.63, 3.8) is 0 Å². The highest BCUT2D eigenvalue weighted by Crippen LogP contribution is 2.29. The minimum absolute atomic E-state index is 0.107. The van der Waals surface area contributed by atoms with Crippen LogP contribution in [-0.2, 0) is 21.3 Å². The van der Waals surface area contributed by atoms with E-state index < -0.39 is 27.8 Å². The van der Waals surface area contributed by atoms with Crippen molar-refractivity contribution < 1.29 is 32.2 Å². The number of carbonyl (C=O) groups is 1. The number of sulfonamides is 1. The van der Waals surface area contributed by atoms with E-state index in [-0.39, 0.29) is 47.4 Å². The molecular formula is C34H45FN4O6S. The number of aliphatic hydroxyl groups is 1. The van der Waals surface area contributed by atoms with Gasteiger partial charge in [-0.25, -0.2) is 12.8 Å². The number of rotatable bonds is 9. The zero-order valence-corrected chi connectivity index (χ0v) is 27.7. The number of anilines is 1. The highest BCUT2D eigenvalue weighted by atomic mass is 32.2. The number of hydrogen-bond donors (Lipinski definition) is 2. The molecule has 0 saturated carbocycles. The van der Waals surface area contributed by atoms with Crippen LogP contribution in [0, 0.1) is 11.7 Å².